The Labute approximate surface area is 125 Å². The molecule has 110 valence electrons. The molecule has 21 heavy (non-hydrogen) atoms. The van der Waals surface area contributed by atoms with E-state index in [4.69, 9.17) is 9.47 Å². The summed E-state index contributed by atoms with van der Waals surface area (Å²) < 4.78 is 11.2. The Bertz CT molecular complexity index is 641. The van der Waals surface area contributed by atoms with E-state index in [1.54, 1.807) is 0 Å². The molecular weight excluding hydrogens is 262 g/mol. The minimum atomic E-state index is 0.625. The van der Waals surface area contributed by atoms with Crippen LogP contribution in [0.2, 0.25) is 0 Å². The second kappa shape index (κ2) is 5.68. The van der Waals surface area contributed by atoms with E-state index in [0.717, 1.165) is 18.0 Å². The number of hydrogen-bond donors (Lipinski definition) is 1. The summed E-state index contributed by atoms with van der Waals surface area (Å²) in [6.45, 7) is 8.46. The van der Waals surface area contributed by atoms with Crippen molar-refractivity contribution in [3.8, 4) is 11.5 Å². The van der Waals surface area contributed by atoms with E-state index in [0.29, 0.717) is 13.2 Å². The van der Waals surface area contributed by atoms with E-state index in [1.165, 1.54) is 27.9 Å². The predicted molar refractivity (Wildman–Crippen MR) is 85.4 cm³/mol. The molecule has 0 unspecified atom stereocenters. The Morgan fingerprint density at radius 2 is 1.57 bits per heavy atom. The molecule has 0 saturated carbocycles. The van der Waals surface area contributed by atoms with Gasteiger partial charge in [0.2, 0.25) is 0 Å². The van der Waals surface area contributed by atoms with E-state index in [1.807, 2.05) is 6.07 Å². The van der Waals surface area contributed by atoms with Gasteiger partial charge in [0.05, 0.1) is 0 Å². The molecule has 0 radical (unpaired) electrons. The predicted octanol–water partition coefficient (Wildman–Crippen LogP) is 4.00. The van der Waals surface area contributed by atoms with Crippen molar-refractivity contribution in [2.24, 2.45) is 0 Å². The molecule has 0 bridgehead atoms. The number of benzene rings is 2. The first-order chi connectivity index (χ1) is 10.1. The number of hydrogen-bond acceptors (Lipinski definition) is 3. The molecule has 0 saturated heterocycles. The Kier molecular flexibility index (Phi) is 3.74. The third kappa shape index (κ3) is 2.97. The number of aryl methyl sites for hydroxylation is 3. The van der Waals surface area contributed by atoms with Crippen molar-refractivity contribution in [2.45, 2.75) is 27.3 Å². The van der Waals surface area contributed by atoms with Crippen molar-refractivity contribution in [2.75, 3.05) is 18.5 Å². The van der Waals surface area contributed by atoms with E-state index in [-0.39, 0.29) is 0 Å². The van der Waals surface area contributed by atoms with Crippen LogP contribution in [0.1, 0.15) is 22.3 Å². The summed E-state index contributed by atoms with van der Waals surface area (Å²) in [7, 11) is 0. The topological polar surface area (TPSA) is 30.5 Å². The molecule has 3 nitrogen and oxygen atoms in total. The maximum Gasteiger partial charge on any atom is 0.161 e. The molecule has 0 aliphatic carbocycles. The molecule has 1 aliphatic heterocycles. The summed E-state index contributed by atoms with van der Waals surface area (Å²) >= 11 is 0. The lowest BCUT2D eigenvalue weighted by atomic mass is 10.0. The first-order valence-corrected chi connectivity index (χ1v) is 7.34. The van der Waals surface area contributed by atoms with Crippen LogP contribution in [0.5, 0.6) is 11.5 Å². The SMILES string of the molecule is Cc1cc(C)c(NCc2ccc3c(c2)OCCO3)c(C)c1. The lowest BCUT2D eigenvalue weighted by molar-refractivity contribution is 0.171. The van der Waals surface area contributed by atoms with Crippen molar-refractivity contribution in [3.05, 3.63) is 52.6 Å². The van der Waals surface area contributed by atoms with Gasteiger partial charge in [-0.2, -0.15) is 0 Å². The molecule has 2 aromatic rings. The van der Waals surface area contributed by atoms with Gasteiger partial charge >= 0.3 is 0 Å². The number of rotatable bonds is 3. The summed E-state index contributed by atoms with van der Waals surface area (Å²) in [5.41, 5.74) is 6.28. The molecule has 2 aromatic carbocycles. The molecule has 0 amide bonds. The van der Waals surface area contributed by atoms with Gasteiger partial charge in [-0.1, -0.05) is 23.8 Å². The zero-order valence-corrected chi connectivity index (χ0v) is 12.8. The highest BCUT2D eigenvalue weighted by Crippen LogP contribution is 2.31. The van der Waals surface area contributed by atoms with Crippen molar-refractivity contribution in [1.29, 1.82) is 0 Å². The van der Waals surface area contributed by atoms with Crippen molar-refractivity contribution < 1.29 is 9.47 Å². The van der Waals surface area contributed by atoms with Gasteiger partial charge in [0.15, 0.2) is 11.5 Å². The fourth-order valence-corrected chi connectivity index (χ4v) is 2.85. The Balaban J connectivity index is 1.76. The summed E-state index contributed by atoms with van der Waals surface area (Å²) in [4.78, 5) is 0. The summed E-state index contributed by atoms with van der Waals surface area (Å²) in [5, 5.41) is 3.54. The lowest BCUT2D eigenvalue weighted by Crippen LogP contribution is -2.15. The Hall–Kier alpha value is -2.16. The van der Waals surface area contributed by atoms with E-state index >= 15 is 0 Å². The minimum absolute atomic E-state index is 0.625. The quantitative estimate of drug-likeness (QED) is 0.923. The van der Waals surface area contributed by atoms with Crippen LogP contribution in [0, 0.1) is 20.8 Å². The summed E-state index contributed by atoms with van der Waals surface area (Å²) in [5.74, 6) is 1.69. The zero-order chi connectivity index (χ0) is 14.8. The Morgan fingerprint density at radius 3 is 2.29 bits per heavy atom. The second-order valence-corrected chi connectivity index (χ2v) is 5.61. The second-order valence-electron chi connectivity index (χ2n) is 5.61. The van der Waals surface area contributed by atoms with Crippen LogP contribution in [-0.4, -0.2) is 13.2 Å². The molecule has 1 N–H and O–H groups in total. The molecular formula is C18H21NO2. The number of nitrogens with one attached hydrogen (secondary N) is 1. The highest BCUT2D eigenvalue weighted by Gasteiger charge is 2.12. The van der Waals surface area contributed by atoms with Crippen LogP contribution >= 0.6 is 0 Å². The molecule has 0 atom stereocenters. The van der Waals surface area contributed by atoms with Crippen LogP contribution in [0.4, 0.5) is 5.69 Å². The maximum absolute atomic E-state index is 5.63. The fourth-order valence-electron chi connectivity index (χ4n) is 2.85. The van der Waals surface area contributed by atoms with E-state index in [9.17, 15) is 0 Å². The van der Waals surface area contributed by atoms with Gasteiger partial charge in [-0.05, 0) is 49.6 Å². The van der Waals surface area contributed by atoms with Crippen molar-refractivity contribution in [1.82, 2.24) is 0 Å². The first-order valence-electron chi connectivity index (χ1n) is 7.34. The molecule has 0 aromatic heterocycles. The average Bonchev–Trinajstić information content (AvgIpc) is 2.46. The van der Waals surface area contributed by atoms with Crippen LogP contribution in [0.15, 0.2) is 30.3 Å². The third-order valence-corrected chi connectivity index (χ3v) is 3.75. The van der Waals surface area contributed by atoms with E-state index < -0.39 is 0 Å². The molecule has 3 rings (SSSR count). The Morgan fingerprint density at radius 1 is 0.905 bits per heavy atom. The molecule has 0 fully saturated rings. The first kappa shape index (κ1) is 13.8. The van der Waals surface area contributed by atoms with Gasteiger partial charge in [-0.3, -0.25) is 0 Å². The van der Waals surface area contributed by atoms with Crippen molar-refractivity contribution >= 4 is 5.69 Å². The maximum atomic E-state index is 5.63. The highest BCUT2D eigenvalue weighted by atomic mass is 16.6. The molecule has 1 aliphatic rings. The summed E-state index contributed by atoms with van der Waals surface area (Å²) in [6.07, 6.45) is 0. The number of ether oxygens (including phenoxy) is 2. The molecule has 0 spiro atoms. The van der Waals surface area contributed by atoms with E-state index in [2.05, 4.69) is 50.4 Å². The third-order valence-electron chi connectivity index (χ3n) is 3.75. The standard InChI is InChI=1S/C18H21NO2/c1-12-8-13(2)18(14(3)9-12)19-11-15-4-5-16-17(10-15)21-7-6-20-16/h4-5,8-10,19H,6-7,11H2,1-3H3. The van der Waals surface area contributed by atoms with Crippen LogP contribution in [-0.2, 0) is 6.54 Å². The highest BCUT2D eigenvalue weighted by molar-refractivity contribution is 5.58. The average molecular weight is 283 g/mol. The van der Waals surface area contributed by atoms with Gasteiger partial charge in [0, 0.05) is 12.2 Å². The number of anilines is 1. The smallest absolute Gasteiger partial charge is 0.161 e. The minimum Gasteiger partial charge on any atom is -0.486 e. The van der Waals surface area contributed by atoms with Gasteiger partial charge < -0.3 is 14.8 Å². The van der Waals surface area contributed by atoms with Gasteiger partial charge in [-0.15, -0.1) is 0 Å². The molecule has 3 heteroatoms. The number of fused-ring (bicyclic) bond motifs is 1. The lowest BCUT2D eigenvalue weighted by Gasteiger charge is -2.19. The summed E-state index contributed by atoms with van der Waals surface area (Å²) in [6, 6.07) is 10.5. The van der Waals surface area contributed by atoms with Crippen LogP contribution in [0.25, 0.3) is 0 Å². The molecule has 1 heterocycles. The van der Waals surface area contributed by atoms with Crippen LogP contribution in [0.3, 0.4) is 0 Å². The zero-order valence-electron chi connectivity index (χ0n) is 12.8. The van der Waals surface area contributed by atoms with Gasteiger partial charge in [-0.25, -0.2) is 0 Å². The monoisotopic (exact) mass is 283 g/mol. The normalized spacial score (nSPS) is 13.1. The largest absolute Gasteiger partial charge is 0.486 e. The van der Waals surface area contributed by atoms with Gasteiger partial charge in [0.25, 0.3) is 0 Å². The van der Waals surface area contributed by atoms with Gasteiger partial charge in [0.1, 0.15) is 13.2 Å². The van der Waals surface area contributed by atoms with Crippen molar-refractivity contribution in [3.63, 3.8) is 0 Å². The van der Waals surface area contributed by atoms with Crippen LogP contribution < -0.4 is 14.8 Å². The fraction of sp³-hybridized carbons (Fsp3) is 0.333.